The predicted octanol–water partition coefficient (Wildman–Crippen LogP) is 4.03. The van der Waals surface area contributed by atoms with E-state index in [1.165, 1.54) is 26.0 Å². The van der Waals surface area contributed by atoms with Gasteiger partial charge in [0, 0.05) is 12.2 Å². The lowest BCUT2D eigenvalue weighted by molar-refractivity contribution is -0.139. The minimum absolute atomic E-state index is 0.0139. The fraction of sp³-hybridized carbons (Fsp3) is 0.300. The standard InChI is InChI=1S/C20H21F3N2O2/c1-19(2,17(26)24-12-11-14-7-4-3-5-8-14)18(27)25-16-10-6-9-15(13-16)20(21,22)23/h3-10,13H,11-12H2,1-2H3,(H,24,26)(H,25,27). The van der Waals surface area contributed by atoms with Crippen molar-refractivity contribution in [1.29, 1.82) is 0 Å². The maximum absolute atomic E-state index is 12.8. The first-order chi connectivity index (χ1) is 12.6. The van der Waals surface area contributed by atoms with E-state index in [0.717, 1.165) is 17.7 Å². The molecular formula is C20H21F3N2O2. The van der Waals surface area contributed by atoms with Gasteiger partial charge in [-0.25, -0.2) is 0 Å². The fourth-order valence-corrected chi connectivity index (χ4v) is 2.35. The van der Waals surface area contributed by atoms with Gasteiger partial charge in [0.1, 0.15) is 5.41 Å². The molecule has 0 unspecified atom stereocenters. The minimum Gasteiger partial charge on any atom is -0.355 e. The van der Waals surface area contributed by atoms with Gasteiger partial charge in [-0.3, -0.25) is 9.59 Å². The van der Waals surface area contributed by atoms with Crippen LogP contribution in [0.4, 0.5) is 18.9 Å². The summed E-state index contributed by atoms with van der Waals surface area (Å²) < 4.78 is 38.3. The van der Waals surface area contributed by atoms with E-state index in [-0.39, 0.29) is 5.69 Å². The molecule has 2 rings (SSSR count). The van der Waals surface area contributed by atoms with Crippen LogP contribution < -0.4 is 10.6 Å². The molecular weight excluding hydrogens is 357 g/mol. The number of nitrogens with one attached hydrogen (secondary N) is 2. The Morgan fingerprint density at radius 1 is 0.926 bits per heavy atom. The summed E-state index contributed by atoms with van der Waals surface area (Å²) in [6.45, 7) is 3.20. The molecule has 144 valence electrons. The summed E-state index contributed by atoms with van der Waals surface area (Å²) in [5, 5.41) is 5.08. The van der Waals surface area contributed by atoms with Crippen LogP contribution in [0.5, 0.6) is 0 Å². The van der Waals surface area contributed by atoms with Gasteiger partial charge >= 0.3 is 6.18 Å². The summed E-state index contributed by atoms with van der Waals surface area (Å²) in [6.07, 6.45) is -3.90. The summed E-state index contributed by atoms with van der Waals surface area (Å²) in [6, 6.07) is 13.8. The lowest BCUT2D eigenvalue weighted by Crippen LogP contribution is -2.45. The average molecular weight is 378 g/mol. The van der Waals surface area contributed by atoms with Gasteiger partial charge in [-0.2, -0.15) is 13.2 Å². The maximum atomic E-state index is 12.8. The number of hydrogen-bond donors (Lipinski definition) is 2. The average Bonchev–Trinajstić information content (AvgIpc) is 2.62. The van der Waals surface area contributed by atoms with Gasteiger partial charge in [0.05, 0.1) is 5.56 Å². The van der Waals surface area contributed by atoms with Crippen LogP contribution >= 0.6 is 0 Å². The van der Waals surface area contributed by atoms with E-state index < -0.39 is 29.0 Å². The first-order valence-corrected chi connectivity index (χ1v) is 8.41. The van der Waals surface area contributed by atoms with E-state index in [4.69, 9.17) is 0 Å². The summed E-state index contributed by atoms with van der Waals surface area (Å²) in [5.74, 6) is -1.18. The monoisotopic (exact) mass is 378 g/mol. The number of benzene rings is 2. The molecule has 0 saturated heterocycles. The highest BCUT2D eigenvalue weighted by Gasteiger charge is 2.36. The Kier molecular flexibility index (Phi) is 6.25. The van der Waals surface area contributed by atoms with Gasteiger partial charge < -0.3 is 10.6 Å². The number of anilines is 1. The highest BCUT2D eigenvalue weighted by Crippen LogP contribution is 2.31. The van der Waals surface area contributed by atoms with E-state index >= 15 is 0 Å². The Morgan fingerprint density at radius 2 is 1.59 bits per heavy atom. The van der Waals surface area contributed by atoms with Crippen LogP contribution in [0.25, 0.3) is 0 Å². The number of amides is 2. The van der Waals surface area contributed by atoms with E-state index in [2.05, 4.69) is 10.6 Å². The Morgan fingerprint density at radius 3 is 2.22 bits per heavy atom. The minimum atomic E-state index is -4.51. The fourth-order valence-electron chi connectivity index (χ4n) is 2.35. The van der Waals surface area contributed by atoms with Gasteiger partial charge in [-0.1, -0.05) is 36.4 Å². The van der Waals surface area contributed by atoms with Gasteiger partial charge in [0.25, 0.3) is 0 Å². The number of alkyl halides is 3. The quantitative estimate of drug-likeness (QED) is 0.746. The number of halogens is 3. The van der Waals surface area contributed by atoms with Crippen molar-refractivity contribution < 1.29 is 22.8 Å². The molecule has 0 fully saturated rings. The van der Waals surface area contributed by atoms with E-state index in [0.29, 0.717) is 13.0 Å². The first-order valence-electron chi connectivity index (χ1n) is 8.41. The van der Waals surface area contributed by atoms with Crippen LogP contribution in [0.3, 0.4) is 0 Å². The van der Waals surface area contributed by atoms with Crippen LogP contribution in [-0.4, -0.2) is 18.4 Å². The van der Waals surface area contributed by atoms with Gasteiger partial charge in [-0.05, 0) is 44.0 Å². The van der Waals surface area contributed by atoms with Crippen LogP contribution in [0.1, 0.15) is 25.0 Å². The molecule has 2 aromatic rings. The lowest BCUT2D eigenvalue weighted by Gasteiger charge is -2.23. The highest BCUT2D eigenvalue weighted by molar-refractivity contribution is 6.09. The van der Waals surface area contributed by atoms with Crippen LogP contribution in [-0.2, 0) is 22.2 Å². The molecule has 0 radical (unpaired) electrons. The van der Waals surface area contributed by atoms with Crippen molar-refractivity contribution in [3.05, 3.63) is 65.7 Å². The third-order valence-electron chi connectivity index (χ3n) is 4.13. The molecule has 0 spiro atoms. The second kappa shape index (κ2) is 8.24. The van der Waals surface area contributed by atoms with Crippen molar-refractivity contribution in [1.82, 2.24) is 5.32 Å². The third-order valence-corrected chi connectivity index (χ3v) is 4.13. The van der Waals surface area contributed by atoms with Crippen molar-refractivity contribution in [2.75, 3.05) is 11.9 Å². The molecule has 2 amide bonds. The molecule has 0 atom stereocenters. The lowest BCUT2D eigenvalue weighted by atomic mass is 9.90. The second-order valence-corrected chi connectivity index (χ2v) is 6.65. The predicted molar refractivity (Wildman–Crippen MR) is 97.0 cm³/mol. The molecule has 0 bridgehead atoms. The smallest absolute Gasteiger partial charge is 0.355 e. The topological polar surface area (TPSA) is 58.2 Å². The molecule has 0 aliphatic heterocycles. The van der Waals surface area contributed by atoms with E-state index in [9.17, 15) is 22.8 Å². The van der Waals surface area contributed by atoms with Crippen LogP contribution in [0, 0.1) is 5.41 Å². The third kappa shape index (κ3) is 5.57. The summed E-state index contributed by atoms with van der Waals surface area (Å²) >= 11 is 0. The van der Waals surface area contributed by atoms with Crippen LogP contribution in [0.15, 0.2) is 54.6 Å². The Hall–Kier alpha value is -2.83. The normalized spacial score (nSPS) is 11.7. The molecule has 7 heteroatoms. The Labute approximate surface area is 155 Å². The van der Waals surface area contributed by atoms with Crippen molar-refractivity contribution in [3.63, 3.8) is 0 Å². The largest absolute Gasteiger partial charge is 0.416 e. The zero-order chi connectivity index (χ0) is 20.1. The second-order valence-electron chi connectivity index (χ2n) is 6.65. The molecule has 2 N–H and O–H groups in total. The number of hydrogen-bond acceptors (Lipinski definition) is 2. The van der Waals surface area contributed by atoms with Crippen molar-refractivity contribution in [3.8, 4) is 0 Å². The molecule has 0 heterocycles. The first kappa shape index (κ1) is 20.5. The van der Waals surface area contributed by atoms with E-state index in [1.54, 1.807) is 0 Å². The molecule has 0 aromatic heterocycles. The zero-order valence-corrected chi connectivity index (χ0v) is 15.1. The Bertz CT molecular complexity index is 802. The van der Waals surface area contributed by atoms with Gasteiger partial charge in [0.15, 0.2) is 0 Å². The molecule has 2 aromatic carbocycles. The molecule has 0 aliphatic carbocycles. The van der Waals surface area contributed by atoms with Gasteiger partial charge in [0.2, 0.25) is 11.8 Å². The molecule has 0 aliphatic rings. The maximum Gasteiger partial charge on any atom is 0.416 e. The van der Waals surface area contributed by atoms with Crippen molar-refractivity contribution >= 4 is 17.5 Å². The van der Waals surface area contributed by atoms with Crippen molar-refractivity contribution in [2.45, 2.75) is 26.4 Å². The van der Waals surface area contributed by atoms with Crippen molar-refractivity contribution in [2.24, 2.45) is 5.41 Å². The molecule has 0 saturated carbocycles. The van der Waals surface area contributed by atoms with E-state index in [1.807, 2.05) is 30.3 Å². The van der Waals surface area contributed by atoms with Gasteiger partial charge in [-0.15, -0.1) is 0 Å². The zero-order valence-electron chi connectivity index (χ0n) is 15.1. The number of carbonyl (C=O) groups is 2. The number of rotatable bonds is 6. The number of carbonyl (C=O) groups excluding carboxylic acids is 2. The molecule has 4 nitrogen and oxygen atoms in total. The SMILES string of the molecule is CC(C)(C(=O)NCCc1ccccc1)C(=O)Nc1cccc(C(F)(F)F)c1. The summed E-state index contributed by atoms with van der Waals surface area (Å²) in [4.78, 5) is 24.8. The highest BCUT2D eigenvalue weighted by atomic mass is 19.4. The molecule has 27 heavy (non-hydrogen) atoms. The summed E-state index contributed by atoms with van der Waals surface area (Å²) in [7, 11) is 0. The Balaban J connectivity index is 1.96. The summed E-state index contributed by atoms with van der Waals surface area (Å²) in [5.41, 5.74) is -1.28. The van der Waals surface area contributed by atoms with Crippen LogP contribution in [0.2, 0.25) is 0 Å².